The molecule has 0 bridgehead atoms. The zero-order valence-corrected chi connectivity index (χ0v) is 21.0. The Morgan fingerprint density at radius 3 is 2.31 bits per heavy atom. The molecular weight excluding hydrogens is 507 g/mol. The fourth-order valence-corrected chi connectivity index (χ4v) is 5.68. The first-order chi connectivity index (χ1) is 16.5. The van der Waals surface area contributed by atoms with Crippen molar-refractivity contribution in [3.63, 3.8) is 0 Å². The summed E-state index contributed by atoms with van der Waals surface area (Å²) in [5.74, 6) is -0.327. The highest BCUT2D eigenvalue weighted by Gasteiger charge is 2.31. The van der Waals surface area contributed by atoms with Gasteiger partial charge in [0.1, 0.15) is 10.6 Å². The van der Waals surface area contributed by atoms with Gasteiger partial charge in [0, 0.05) is 50.0 Å². The lowest BCUT2D eigenvalue weighted by atomic mass is 10.1. The predicted molar refractivity (Wildman–Crippen MR) is 127 cm³/mol. The van der Waals surface area contributed by atoms with E-state index in [-0.39, 0.29) is 41.3 Å². The van der Waals surface area contributed by atoms with Crippen LogP contribution >= 0.6 is 11.6 Å². The number of carbonyl (C=O) groups excluding carboxylic acids is 1. The standard InChI is InChI=1S/C23H27ClF3N3O4S/c1-3-30(4-2)35(32,33)21-15-18(24)8-9-20(21)34-16-22(31)29-12-10-28(11-13-29)19-7-5-6-17(14-19)23(25,26)27/h5-9,14-15H,3-4,10-13,16H2,1-2H3. The Bertz CT molecular complexity index is 1150. The Balaban J connectivity index is 1.64. The summed E-state index contributed by atoms with van der Waals surface area (Å²) in [5, 5.41) is 0.222. The summed E-state index contributed by atoms with van der Waals surface area (Å²) in [6.07, 6.45) is -4.43. The second-order valence-corrected chi connectivity index (χ2v) is 10.2. The van der Waals surface area contributed by atoms with E-state index in [1.165, 1.54) is 28.6 Å². The molecule has 0 saturated carbocycles. The third-order valence-corrected chi connectivity index (χ3v) is 8.06. The van der Waals surface area contributed by atoms with Crippen molar-refractivity contribution in [3.05, 3.63) is 53.1 Å². The van der Waals surface area contributed by atoms with E-state index in [2.05, 4.69) is 0 Å². The van der Waals surface area contributed by atoms with Crippen molar-refractivity contribution in [2.45, 2.75) is 24.9 Å². The number of anilines is 1. The van der Waals surface area contributed by atoms with Crippen molar-refractivity contribution >= 4 is 33.2 Å². The molecule has 1 fully saturated rings. The highest BCUT2D eigenvalue weighted by atomic mass is 35.5. The van der Waals surface area contributed by atoms with Crippen LogP contribution < -0.4 is 9.64 Å². The Morgan fingerprint density at radius 1 is 1.06 bits per heavy atom. The van der Waals surface area contributed by atoms with Crippen LogP contribution in [0.5, 0.6) is 5.75 Å². The predicted octanol–water partition coefficient (Wildman–Crippen LogP) is 4.12. The summed E-state index contributed by atoms with van der Waals surface area (Å²) in [6, 6.07) is 9.27. The number of piperazine rings is 1. The number of sulfonamides is 1. The molecule has 0 unspecified atom stereocenters. The SMILES string of the molecule is CCN(CC)S(=O)(=O)c1cc(Cl)ccc1OCC(=O)N1CCN(c2cccc(C(F)(F)F)c2)CC1. The fourth-order valence-electron chi connectivity index (χ4n) is 3.83. The molecule has 12 heteroatoms. The first-order valence-electron chi connectivity index (χ1n) is 11.1. The third kappa shape index (κ3) is 6.39. The van der Waals surface area contributed by atoms with Crippen LogP contribution in [0.15, 0.2) is 47.4 Å². The van der Waals surface area contributed by atoms with Gasteiger partial charge in [0.05, 0.1) is 5.56 Å². The minimum atomic E-state index is -4.43. The van der Waals surface area contributed by atoms with E-state index in [1.807, 2.05) is 0 Å². The van der Waals surface area contributed by atoms with Gasteiger partial charge < -0.3 is 14.5 Å². The number of halogens is 4. The van der Waals surface area contributed by atoms with Crippen LogP contribution in [0.25, 0.3) is 0 Å². The lowest BCUT2D eigenvalue weighted by Gasteiger charge is -2.36. The van der Waals surface area contributed by atoms with Gasteiger partial charge in [-0.3, -0.25) is 4.79 Å². The second kappa shape index (κ2) is 11.0. The maximum Gasteiger partial charge on any atom is 0.416 e. The van der Waals surface area contributed by atoms with Gasteiger partial charge in [0.2, 0.25) is 10.0 Å². The summed E-state index contributed by atoms with van der Waals surface area (Å²) in [4.78, 5) is 15.9. The summed E-state index contributed by atoms with van der Waals surface area (Å²) in [6.45, 7) is 4.88. The first-order valence-corrected chi connectivity index (χ1v) is 12.9. The molecule has 1 aliphatic rings. The van der Waals surface area contributed by atoms with Crippen LogP contribution in [0.3, 0.4) is 0 Å². The van der Waals surface area contributed by atoms with E-state index in [1.54, 1.807) is 29.7 Å². The van der Waals surface area contributed by atoms with E-state index in [0.29, 0.717) is 31.9 Å². The topological polar surface area (TPSA) is 70.2 Å². The Morgan fingerprint density at radius 2 is 1.71 bits per heavy atom. The van der Waals surface area contributed by atoms with Crippen LogP contribution in [-0.4, -0.2) is 69.4 Å². The number of benzene rings is 2. The van der Waals surface area contributed by atoms with Crippen molar-refractivity contribution in [2.24, 2.45) is 0 Å². The van der Waals surface area contributed by atoms with Crippen LogP contribution in [0, 0.1) is 0 Å². The molecule has 1 saturated heterocycles. The van der Waals surface area contributed by atoms with Gasteiger partial charge in [-0.2, -0.15) is 17.5 Å². The molecule has 1 aliphatic heterocycles. The van der Waals surface area contributed by atoms with Gasteiger partial charge in [0.25, 0.3) is 5.91 Å². The normalized spacial score (nSPS) is 14.9. The second-order valence-electron chi connectivity index (χ2n) is 7.88. The number of ether oxygens (including phenoxy) is 1. The molecule has 0 aliphatic carbocycles. The van der Waals surface area contributed by atoms with Crippen LogP contribution in [0.4, 0.5) is 18.9 Å². The molecule has 0 N–H and O–H groups in total. The van der Waals surface area contributed by atoms with E-state index in [4.69, 9.17) is 16.3 Å². The molecule has 7 nitrogen and oxygen atoms in total. The smallest absolute Gasteiger partial charge is 0.416 e. The van der Waals surface area contributed by atoms with Gasteiger partial charge >= 0.3 is 6.18 Å². The van der Waals surface area contributed by atoms with E-state index in [9.17, 15) is 26.4 Å². The summed E-state index contributed by atoms with van der Waals surface area (Å²) >= 11 is 6.02. The average Bonchev–Trinajstić information content (AvgIpc) is 2.83. The molecule has 192 valence electrons. The maximum absolute atomic E-state index is 13.0. The fraction of sp³-hybridized carbons (Fsp3) is 0.435. The minimum Gasteiger partial charge on any atom is -0.482 e. The molecule has 35 heavy (non-hydrogen) atoms. The lowest BCUT2D eigenvalue weighted by molar-refractivity contribution is -0.137. The average molecular weight is 534 g/mol. The number of hydrogen-bond donors (Lipinski definition) is 0. The van der Waals surface area contributed by atoms with E-state index in [0.717, 1.165) is 12.1 Å². The summed E-state index contributed by atoms with van der Waals surface area (Å²) in [5.41, 5.74) is -0.282. The van der Waals surface area contributed by atoms with Crippen molar-refractivity contribution in [1.29, 1.82) is 0 Å². The molecule has 0 atom stereocenters. The molecule has 1 amide bonds. The molecule has 0 radical (unpaired) electrons. The zero-order chi connectivity index (χ0) is 25.8. The Labute approximate surface area is 208 Å². The quantitative estimate of drug-likeness (QED) is 0.510. The minimum absolute atomic E-state index is 0.0252. The largest absolute Gasteiger partial charge is 0.482 e. The number of hydrogen-bond acceptors (Lipinski definition) is 5. The Kier molecular flexibility index (Phi) is 8.55. The number of nitrogens with zero attached hydrogens (tertiary/aromatic N) is 3. The molecule has 2 aromatic rings. The molecule has 2 aromatic carbocycles. The molecule has 0 aromatic heterocycles. The van der Waals surface area contributed by atoms with Crippen molar-refractivity contribution in [2.75, 3.05) is 50.8 Å². The van der Waals surface area contributed by atoms with E-state index >= 15 is 0 Å². The lowest BCUT2D eigenvalue weighted by Crippen LogP contribution is -2.50. The van der Waals surface area contributed by atoms with Gasteiger partial charge in [-0.15, -0.1) is 0 Å². The number of carbonyl (C=O) groups is 1. The highest BCUT2D eigenvalue weighted by molar-refractivity contribution is 7.89. The first kappa shape index (κ1) is 27.1. The third-order valence-electron chi connectivity index (χ3n) is 5.75. The number of alkyl halides is 3. The molecule has 3 rings (SSSR count). The summed E-state index contributed by atoms with van der Waals surface area (Å²) in [7, 11) is -3.87. The Hall–Kier alpha value is -2.50. The van der Waals surface area contributed by atoms with Crippen molar-refractivity contribution < 1.29 is 31.1 Å². The van der Waals surface area contributed by atoms with Crippen LogP contribution in [-0.2, 0) is 21.0 Å². The highest BCUT2D eigenvalue weighted by Crippen LogP contribution is 2.32. The van der Waals surface area contributed by atoms with E-state index < -0.39 is 21.8 Å². The van der Waals surface area contributed by atoms with Gasteiger partial charge in [-0.1, -0.05) is 31.5 Å². The van der Waals surface area contributed by atoms with Gasteiger partial charge in [-0.25, -0.2) is 8.42 Å². The van der Waals surface area contributed by atoms with Crippen LogP contribution in [0.2, 0.25) is 5.02 Å². The molecule has 0 spiro atoms. The monoisotopic (exact) mass is 533 g/mol. The zero-order valence-electron chi connectivity index (χ0n) is 19.4. The van der Waals surface area contributed by atoms with Crippen LogP contribution in [0.1, 0.15) is 19.4 Å². The molecular formula is C23H27ClF3N3O4S. The number of amides is 1. The van der Waals surface area contributed by atoms with Gasteiger partial charge in [-0.05, 0) is 36.4 Å². The van der Waals surface area contributed by atoms with Crippen molar-refractivity contribution in [3.8, 4) is 5.75 Å². The van der Waals surface area contributed by atoms with Crippen molar-refractivity contribution in [1.82, 2.24) is 9.21 Å². The number of rotatable bonds is 8. The summed E-state index contributed by atoms with van der Waals surface area (Å²) < 4.78 is 71.9. The maximum atomic E-state index is 13.0. The van der Waals surface area contributed by atoms with Gasteiger partial charge in [0.15, 0.2) is 6.61 Å². The molecule has 1 heterocycles.